The Bertz CT molecular complexity index is 1310. The van der Waals surface area contributed by atoms with Crippen LogP contribution in [0.25, 0.3) is 21.7 Å². The minimum absolute atomic E-state index is 0.115. The highest BCUT2D eigenvalue weighted by Crippen LogP contribution is 2.36. The number of fused-ring (bicyclic) bond motifs is 4. The van der Waals surface area contributed by atoms with E-state index in [1.165, 1.54) is 10.2 Å². The second-order valence-electron chi connectivity index (χ2n) is 7.39. The Morgan fingerprint density at radius 1 is 1.21 bits per heavy atom. The number of para-hydroxylation sites is 1. The molecule has 146 valence electrons. The Labute approximate surface area is 171 Å². The number of nitrogens with one attached hydrogen (secondary N) is 2. The molecule has 0 saturated carbocycles. The van der Waals surface area contributed by atoms with Crippen molar-refractivity contribution < 1.29 is 4.79 Å². The normalized spacial score (nSPS) is 16.1. The molecule has 0 radical (unpaired) electrons. The number of hydrogen-bond donors (Lipinski definition) is 2. The third-order valence-electron chi connectivity index (χ3n) is 5.58. The molecule has 0 bridgehead atoms. The lowest BCUT2D eigenvalue weighted by Crippen LogP contribution is -2.36. The summed E-state index contributed by atoms with van der Waals surface area (Å²) in [6.45, 7) is -0.115. The molecule has 29 heavy (non-hydrogen) atoms. The summed E-state index contributed by atoms with van der Waals surface area (Å²) in [7, 11) is 0. The maximum Gasteiger partial charge on any atom is 0.275 e. The number of aromatic nitrogens is 3. The van der Waals surface area contributed by atoms with E-state index in [2.05, 4.69) is 21.5 Å². The summed E-state index contributed by atoms with van der Waals surface area (Å²) >= 11 is 6.34. The largest absolute Gasteiger partial charge is 0.355 e. The predicted octanol–water partition coefficient (Wildman–Crippen LogP) is 3.73. The number of nitrogens with zero attached hydrogens (tertiary/aromatic N) is 2. The van der Waals surface area contributed by atoms with Crippen molar-refractivity contribution in [2.75, 3.05) is 0 Å². The molecule has 2 heterocycles. The van der Waals surface area contributed by atoms with Gasteiger partial charge < -0.3 is 10.3 Å². The van der Waals surface area contributed by atoms with Gasteiger partial charge in [-0.15, -0.1) is 0 Å². The van der Waals surface area contributed by atoms with Crippen molar-refractivity contribution in [3.8, 4) is 0 Å². The highest BCUT2D eigenvalue weighted by atomic mass is 35.5. The van der Waals surface area contributed by atoms with E-state index in [0.717, 1.165) is 41.2 Å². The fraction of sp³-hybridized carbons (Fsp3) is 0.227. The number of H-pyrrole nitrogens is 1. The van der Waals surface area contributed by atoms with Gasteiger partial charge in [0.15, 0.2) is 0 Å². The van der Waals surface area contributed by atoms with E-state index in [4.69, 9.17) is 11.6 Å². The molecule has 1 unspecified atom stereocenters. The quantitative estimate of drug-likeness (QED) is 0.544. The molecule has 1 atom stereocenters. The smallest absolute Gasteiger partial charge is 0.275 e. The first-order chi connectivity index (χ1) is 14.1. The van der Waals surface area contributed by atoms with Crippen LogP contribution < -0.4 is 10.9 Å². The fourth-order valence-corrected chi connectivity index (χ4v) is 4.43. The standard InChI is InChI=1S/C22H19ClN4O2/c23-17-9-3-7-15-16-8-4-10-18(21(16)26-20(15)17)25-19(28)12-27-22(29)14-6-2-1-5-13(14)11-24-27/h1-3,5-7,9,11,18,26H,4,8,10,12H2,(H,25,28). The van der Waals surface area contributed by atoms with Crippen LogP contribution in [0.5, 0.6) is 0 Å². The summed E-state index contributed by atoms with van der Waals surface area (Å²) < 4.78 is 1.21. The predicted molar refractivity (Wildman–Crippen MR) is 113 cm³/mol. The van der Waals surface area contributed by atoms with Gasteiger partial charge in [0.1, 0.15) is 6.54 Å². The van der Waals surface area contributed by atoms with Gasteiger partial charge in [0.05, 0.1) is 28.2 Å². The lowest BCUT2D eigenvalue weighted by atomic mass is 9.91. The Morgan fingerprint density at radius 2 is 2.03 bits per heavy atom. The first-order valence-corrected chi connectivity index (χ1v) is 10.0. The maximum atomic E-state index is 12.7. The van der Waals surface area contributed by atoms with Gasteiger partial charge in [-0.3, -0.25) is 9.59 Å². The molecule has 1 amide bonds. The fourth-order valence-electron chi connectivity index (χ4n) is 4.21. The number of aromatic amines is 1. The zero-order valence-electron chi connectivity index (χ0n) is 15.6. The Morgan fingerprint density at radius 3 is 2.93 bits per heavy atom. The van der Waals surface area contributed by atoms with E-state index in [-0.39, 0.29) is 24.1 Å². The number of amides is 1. The zero-order chi connectivity index (χ0) is 20.0. The third-order valence-corrected chi connectivity index (χ3v) is 5.90. The highest BCUT2D eigenvalue weighted by molar-refractivity contribution is 6.35. The van der Waals surface area contributed by atoms with E-state index in [1.54, 1.807) is 18.3 Å². The highest BCUT2D eigenvalue weighted by Gasteiger charge is 2.26. The number of carbonyl (C=O) groups excluding carboxylic acids is 1. The lowest BCUT2D eigenvalue weighted by molar-refractivity contribution is -0.122. The molecule has 1 aliphatic rings. The van der Waals surface area contributed by atoms with Gasteiger partial charge in [-0.1, -0.05) is 41.9 Å². The number of hydrogen-bond acceptors (Lipinski definition) is 3. The number of benzene rings is 2. The number of carbonyl (C=O) groups is 1. The molecule has 0 spiro atoms. The van der Waals surface area contributed by atoms with Crippen LogP contribution in [-0.2, 0) is 17.8 Å². The van der Waals surface area contributed by atoms with Gasteiger partial charge in [0.2, 0.25) is 5.91 Å². The van der Waals surface area contributed by atoms with E-state index < -0.39 is 0 Å². The molecule has 0 aliphatic heterocycles. The summed E-state index contributed by atoms with van der Waals surface area (Å²) in [5.74, 6) is -0.238. The molecule has 4 aromatic rings. The van der Waals surface area contributed by atoms with E-state index in [1.807, 2.05) is 24.3 Å². The Kier molecular flexibility index (Phi) is 4.36. The molecule has 5 rings (SSSR count). The average Bonchev–Trinajstić information content (AvgIpc) is 3.12. The van der Waals surface area contributed by atoms with E-state index in [9.17, 15) is 9.59 Å². The van der Waals surface area contributed by atoms with Gasteiger partial charge in [0, 0.05) is 16.5 Å². The first kappa shape index (κ1) is 17.9. The van der Waals surface area contributed by atoms with Crippen molar-refractivity contribution >= 4 is 39.2 Å². The monoisotopic (exact) mass is 406 g/mol. The Hall–Kier alpha value is -3.12. The van der Waals surface area contributed by atoms with E-state index >= 15 is 0 Å². The zero-order valence-corrected chi connectivity index (χ0v) is 16.4. The van der Waals surface area contributed by atoms with Crippen molar-refractivity contribution in [2.24, 2.45) is 0 Å². The van der Waals surface area contributed by atoms with Crippen LogP contribution in [0.3, 0.4) is 0 Å². The van der Waals surface area contributed by atoms with Crippen molar-refractivity contribution in [2.45, 2.75) is 31.8 Å². The van der Waals surface area contributed by atoms with Gasteiger partial charge in [-0.2, -0.15) is 5.10 Å². The van der Waals surface area contributed by atoms with Crippen LogP contribution in [0.1, 0.15) is 30.1 Å². The lowest BCUT2D eigenvalue weighted by Gasteiger charge is -2.24. The number of aryl methyl sites for hydroxylation is 1. The molecule has 2 N–H and O–H groups in total. The topological polar surface area (TPSA) is 79.8 Å². The van der Waals surface area contributed by atoms with Crippen LogP contribution in [0.2, 0.25) is 5.02 Å². The van der Waals surface area contributed by atoms with Gasteiger partial charge in [0.25, 0.3) is 5.56 Å². The summed E-state index contributed by atoms with van der Waals surface area (Å²) in [5, 5.41) is 10.3. The third kappa shape index (κ3) is 3.09. The molecule has 1 aliphatic carbocycles. The van der Waals surface area contributed by atoms with Gasteiger partial charge >= 0.3 is 0 Å². The molecule has 2 aromatic carbocycles. The first-order valence-electron chi connectivity index (χ1n) is 9.65. The second kappa shape index (κ2) is 7.04. The van der Waals surface area contributed by atoms with Crippen molar-refractivity contribution in [1.29, 1.82) is 0 Å². The van der Waals surface area contributed by atoms with Gasteiger partial charge in [-0.25, -0.2) is 4.68 Å². The van der Waals surface area contributed by atoms with Crippen molar-refractivity contribution in [1.82, 2.24) is 20.1 Å². The van der Waals surface area contributed by atoms with Crippen LogP contribution in [0, 0.1) is 0 Å². The Balaban J connectivity index is 1.41. The molecule has 2 aromatic heterocycles. The maximum absolute atomic E-state index is 12.7. The average molecular weight is 407 g/mol. The van der Waals surface area contributed by atoms with Crippen LogP contribution >= 0.6 is 11.6 Å². The molecule has 0 saturated heterocycles. The van der Waals surface area contributed by atoms with E-state index in [0.29, 0.717) is 10.4 Å². The van der Waals surface area contributed by atoms with Crippen LogP contribution in [0.15, 0.2) is 53.5 Å². The molecule has 6 nitrogen and oxygen atoms in total. The van der Waals surface area contributed by atoms with Crippen LogP contribution in [-0.4, -0.2) is 20.7 Å². The minimum atomic E-state index is -0.264. The molecular weight excluding hydrogens is 388 g/mol. The second-order valence-corrected chi connectivity index (χ2v) is 7.79. The number of rotatable bonds is 3. The summed E-state index contributed by atoms with van der Waals surface area (Å²) in [4.78, 5) is 28.7. The molecule has 0 fully saturated rings. The van der Waals surface area contributed by atoms with Crippen molar-refractivity contribution in [3.63, 3.8) is 0 Å². The van der Waals surface area contributed by atoms with Gasteiger partial charge in [-0.05, 0) is 37.0 Å². The number of halogens is 1. The summed E-state index contributed by atoms with van der Waals surface area (Å²) in [6.07, 6.45) is 4.38. The SMILES string of the molecule is O=C(Cn1ncc2ccccc2c1=O)NC1CCCc2c1[nH]c1c(Cl)cccc21. The molecule has 7 heteroatoms. The summed E-state index contributed by atoms with van der Waals surface area (Å²) in [5.41, 5.74) is 2.86. The van der Waals surface area contributed by atoms with Crippen LogP contribution in [0.4, 0.5) is 0 Å². The summed E-state index contributed by atoms with van der Waals surface area (Å²) in [6, 6.07) is 13.0. The van der Waals surface area contributed by atoms with Crippen molar-refractivity contribution in [3.05, 3.63) is 75.3 Å². The molecular formula is C22H19ClN4O2. The minimum Gasteiger partial charge on any atom is -0.355 e.